The van der Waals surface area contributed by atoms with Crippen LogP contribution in [0.5, 0.6) is 5.88 Å². The van der Waals surface area contributed by atoms with Crippen molar-refractivity contribution in [2.45, 2.75) is 84.6 Å². The van der Waals surface area contributed by atoms with Crippen LogP contribution in [-0.4, -0.2) is 40.8 Å². The summed E-state index contributed by atoms with van der Waals surface area (Å²) in [6.45, 7) is 9.93. The van der Waals surface area contributed by atoms with Crippen molar-refractivity contribution >= 4 is 5.96 Å². The highest BCUT2D eigenvalue weighted by atomic mass is 16.5. The lowest BCUT2D eigenvalue weighted by Gasteiger charge is -2.27. The maximum Gasteiger partial charge on any atom is 0.213 e. The summed E-state index contributed by atoms with van der Waals surface area (Å²) in [5, 5.41) is 16.5. The molecule has 3 N–H and O–H groups in total. The van der Waals surface area contributed by atoms with Crippen molar-refractivity contribution in [3.63, 3.8) is 0 Å². The number of aliphatic hydroxyl groups is 1. The second-order valence-electron chi connectivity index (χ2n) is 7.91. The maximum atomic E-state index is 9.66. The molecule has 6 nitrogen and oxygen atoms in total. The number of hydrogen-bond donors (Lipinski definition) is 3. The van der Waals surface area contributed by atoms with E-state index < -0.39 is 0 Å². The van der Waals surface area contributed by atoms with Crippen LogP contribution in [0.3, 0.4) is 0 Å². The maximum absolute atomic E-state index is 9.66. The van der Waals surface area contributed by atoms with Gasteiger partial charge in [0.05, 0.1) is 18.8 Å². The average Bonchev–Trinajstić information content (AvgIpc) is 2.61. The molecule has 1 fully saturated rings. The minimum absolute atomic E-state index is 0.143. The molecule has 0 radical (unpaired) electrons. The van der Waals surface area contributed by atoms with Crippen LogP contribution in [0, 0.1) is 5.92 Å². The van der Waals surface area contributed by atoms with Gasteiger partial charge in [0.2, 0.25) is 5.88 Å². The van der Waals surface area contributed by atoms with Crippen LogP contribution < -0.4 is 15.4 Å². The van der Waals surface area contributed by atoms with Gasteiger partial charge in [0.25, 0.3) is 0 Å². The van der Waals surface area contributed by atoms with Gasteiger partial charge in [-0.05, 0) is 63.5 Å². The Hall–Kier alpha value is -1.82. The fraction of sp³-hybridized carbons (Fsp3) is 0.714. The molecule has 2 rings (SSSR count). The van der Waals surface area contributed by atoms with E-state index in [4.69, 9.17) is 9.73 Å². The molecule has 1 aromatic heterocycles. The summed E-state index contributed by atoms with van der Waals surface area (Å²) in [5.41, 5.74) is 1.08. The zero-order chi connectivity index (χ0) is 19.6. The highest BCUT2D eigenvalue weighted by molar-refractivity contribution is 5.80. The SMILES string of the molecule is CCNC(=NCc1ccnc(OC(C)CC(C)C)c1)NC1CCC(O)CC1. The number of nitrogens with one attached hydrogen (secondary N) is 2. The third-order valence-electron chi connectivity index (χ3n) is 4.73. The zero-order valence-corrected chi connectivity index (χ0v) is 17.2. The Morgan fingerprint density at radius 1 is 1.30 bits per heavy atom. The molecule has 1 aromatic rings. The van der Waals surface area contributed by atoms with Crippen molar-refractivity contribution < 1.29 is 9.84 Å². The molecule has 1 heterocycles. The van der Waals surface area contributed by atoms with E-state index in [-0.39, 0.29) is 12.2 Å². The molecule has 0 saturated heterocycles. The van der Waals surface area contributed by atoms with Crippen LogP contribution in [0.25, 0.3) is 0 Å². The Kier molecular flexibility index (Phi) is 8.85. The smallest absolute Gasteiger partial charge is 0.213 e. The second-order valence-corrected chi connectivity index (χ2v) is 7.91. The molecular formula is C21H36N4O2. The topological polar surface area (TPSA) is 78.8 Å². The van der Waals surface area contributed by atoms with Gasteiger partial charge in [-0.15, -0.1) is 0 Å². The highest BCUT2D eigenvalue weighted by Gasteiger charge is 2.20. The van der Waals surface area contributed by atoms with Crippen LogP contribution in [0.1, 0.15) is 65.4 Å². The monoisotopic (exact) mass is 376 g/mol. The predicted octanol–water partition coefficient (Wildman–Crippen LogP) is 3.25. The third kappa shape index (κ3) is 8.16. The fourth-order valence-electron chi connectivity index (χ4n) is 3.44. The highest BCUT2D eigenvalue weighted by Crippen LogP contribution is 2.18. The van der Waals surface area contributed by atoms with Gasteiger partial charge in [0, 0.05) is 24.8 Å². The number of aromatic nitrogens is 1. The Morgan fingerprint density at radius 2 is 2.04 bits per heavy atom. The second kappa shape index (κ2) is 11.1. The molecule has 1 saturated carbocycles. The minimum Gasteiger partial charge on any atom is -0.475 e. The van der Waals surface area contributed by atoms with Crippen molar-refractivity contribution in [2.24, 2.45) is 10.9 Å². The number of aliphatic hydroxyl groups excluding tert-OH is 1. The van der Waals surface area contributed by atoms with E-state index in [0.29, 0.717) is 24.4 Å². The number of guanidine groups is 1. The lowest BCUT2D eigenvalue weighted by Crippen LogP contribution is -2.45. The number of ether oxygens (including phenoxy) is 1. The summed E-state index contributed by atoms with van der Waals surface area (Å²) >= 11 is 0. The van der Waals surface area contributed by atoms with Gasteiger partial charge in [-0.2, -0.15) is 0 Å². The van der Waals surface area contributed by atoms with Crippen LogP contribution in [0.4, 0.5) is 0 Å². The Morgan fingerprint density at radius 3 is 2.70 bits per heavy atom. The van der Waals surface area contributed by atoms with Crippen LogP contribution >= 0.6 is 0 Å². The molecule has 6 heteroatoms. The minimum atomic E-state index is -0.143. The van der Waals surface area contributed by atoms with Crippen molar-refractivity contribution in [3.05, 3.63) is 23.9 Å². The quantitative estimate of drug-likeness (QED) is 0.479. The van der Waals surface area contributed by atoms with E-state index in [1.54, 1.807) is 6.20 Å². The number of pyridine rings is 1. The standard InChI is InChI=1S/C21H36N4O2/c1-5-22-21(25-18-6-8-19(26)9-7-18)24-14-17-10-11-23-20(13-17)27-16(4)12-15(2)3/h10-11,13,15-16,18-19,26H,5-9,12,14H2,1-4H3,(H2,22,24,25). The first-order valence-electron chi connectivity index (χ1n) is 10.3. The number of rotatable bonds is 8. The Balaban J connectivity index is 1.93. The van der Waals surface area contributed by atoms with E-state index in [1.165, 1.54) is 0 Å². The first kappa shape index (κ1) is 21.5. The largest absolute Gasteiger partial charge is 0.475 e. The van der Waals surface area contributed by atoms with E-state index in [2.05, 4.69) is 43.3 Å². The van der Waals surface area contributed by atoms with Crippen LogP contribution in [0.2, 0.25) is 0 Å². The summed E-state index contributed by atoms with van der Waals surface area (Å²) < 4.78 is 5.94. The zero-order valence-electron chi connectivity index (χ0n) is 17.2. The summed E-state index contributed by atoms with van der Waals surface area (Å²) in [7, 11) is 0. The molecule has 0 aliphatic heterocycles. The van der Waals surface area contributed by atoms with Gasteiger partial charge in [-0.3, -0.25) is 0 Å². The number of hydrogen-bond acceptors (Lipinski definition) is 4. The van der Waals surface area contributed by atoms with Gasteiger partial charge in [0.15, 0.2) is 5.96 Å². The molecule has 1 aliphatic rings. The van der Waals surface area contributed by atoms with Crippen molar-refractivity contribution in [1.82, 2.24) is 15.6 Å². The fourth-order valence-corrected chi connectivity index (χ4v) is 3.44. The molecule has 27 heavy (non-hydrogen) atoms. The average molecular weight is 377 g/mol. The van der Waals surface area contributed by atoms with Gasteiger partial charge in [0.1, 0.15) is 0 Å². The number of nitrogens with zero attached hydrogens (tertiary/aromatic N) is 2. The van der Waals surface area contributed by atoms with E-state index >= 15 is 0 Å². The normalized spacial score (nSPS) is 21.8. The molecule has 0 amide bonds. The molecule has 152 valence electrons. The van der Waals surface area contributed by atoms with E-state index in [1.807, 2.05) is 12.1 Å². The van der Waals surface area contributed by atoms with E-state index in [9.17, 15) is 5.11 Å². The molecule has 1 atom stereocenters. The molecule has 1 unspecified atom stereocenters. The van der Waals surface area contributed by atoms with Crippen molar-refractivity contribution in [3.8, 4) is 5.88 Å². The molecular weight excluding hydrogens is 340 g/mol. The number of aliphatic imine (C=N–C) groups is 1. The molecule has 1 aliphatic carbocycles. The first-order chi connectivity index (χ1) is 13.0. The van der Waals surface area contributed by atoms with E-state index in [0.717, 1.165) is 50.2 Å². The first-order valence-corrected chi connectivity index (χ1v) is 10.3. The Bertz CT molecular complexity index is 583. The summed E-state index contributed by atoms with van der Waals surface area (Å²) in [5.74, 6) is 2.09. The van der Waals surface area contributed by atoms with Crippen LogP contribution in [0.15, 0.2) is 23.3 Å². The summed E-state index contributed by atoms with van der Waals surface area (Å²) in [4.78, 5) is 9.04. The van der Waals surface area contributed by atoms with Crippen molar-refractivity contribution in [2.75, 3.05) is 6.54 Å². The summed E-state index contributed by atoms with van der Waals surface area (Å²) in [6, 6.07) is 4.32. The van der Waals surface area contributed by atoms with Gasteiger partial charge in [-0.1, -0.05) is 13.8 Å². The molecule has 0 bridgehead atoms. The molecule has 0 spiro atoms. The van der Waals surface area contributed by atoms with Crippen LogP contribution in [-0.2, 0) is 6.54 Å². The third-order valence-corrected chi connectivity index (χ3v) is 4.73. The predicted molar refractivity (Wildman–Crippen MR) is 110 cm³/mol. The Labute approximate surface area is 163 Å². The molecule has 0 aromatic carbocycles. The lowest BCUT2D eigenvalue weighted by atomic mass is 9.93. The van der Waals surface area contributed by atoms with Gasteiger partial charge >= 0.3 is 0 Å². The van der Waals surface area contributed by atoms with Gasteiger partial charge < -0.3 is 20.5 Å². The lowest BCUT2D eigenvalue weighted by molar-refractivity contribution is 0.120. The van der Waals surface area contributed by atoms with Gasteiger partial charge in [-0.25, -0.2) is 9.98 Å². The van der Waals surface area contributed by atoms with Crippen molar-refractivity contribution in [1.29, 1.82) is 0 Å². The summed E-state index contributed by atoms with van der Waals surface area (Å²) in [6.07, 6.45) is 6.47.